The topological polar surface area (TPSA) is 72.2 Å². The van der Waals surface area contributed by atoms with Crippen molar-refractivity contribution in [2.45, 2.75) is 51.5 Å². The highest BCUT2D eigenvalue weighted by atomic mass is 19.2. The molecule has 4 nitrogen and oxygen atoms in total. The Morgan fingerprint density at radius 3 is 2.50 bits per heavy atom. The summed E-state index contributed by atoms with van der Waals surface area (Å²) in [5, 5.41) is 2.55. The van der Waals surface area contributed by atoms with Gasteiger partial charge in [0.2, 0.25) is 11.8 Å². The van der Waals surface area contributed by atoms with Gasteiger partial charge < -0.3 is 11.1 Å². The maximum absolute atomic E-state index is 13.1. The van der Waals surface area contributed by atoms with Crippen molar-refractivity contribution in [3.8, 4) is 0 Å². The highest BCUT2D eigenvalue weighted by Crippen LogP contribution is 2.10. The third kappa shape index (κ3) is 6.20. The van der Waals surface area contributed by atoms with Gasteiger partial charge in [-0.3, -0.25) is 9.59 Å². The number of carbonyl (C=O) groups is 2. The molecule has 0 fully saturated rings. The molecular weight excluding hydrogens is 290 g/mol. The Morgan fingerprint density at radius 1 is 1.18 bits per heavy atom. The van der Waals surface area contributed by atoms with E-state index in [9.17, 15) is 18.4 Å². The fraction of sp³-hybridized carbons (Fsp3) is 0.500. The van der Waals surface area contributed by atoms with Crippen LogP contribution in [0, 0.1) is 11.6 Å². The summed E-state index contributed by atoms with van der Waals surface area (Å²) in [6.45, 7) is 2.08. The predicted octanol–water partition coefficient (Wildman–Crippen LogP) is 2.45. The number of nitrogens with two attached hydrogens (primary N) is 1. The maximum Gasteiger partial charge on any atom is 0.239 e. The number of benzene rings is 1. The molecule has 0 saturated heterocycles. The SMILES string of the molecule is CCCCCC[C@@H](NC(=O)Cc1ccc(F)c(F)c1)C(N)=O. The van der Waals surface area contributed by atoms with Crippen LogP contribution in [0.3, 0.4) is 0 Å². The maximum atomic E-state index is 13.1. The quantitative estimate of drug-likeness (QED) is 0.687. The molecule has 6 heteroatoms. The van der Waals surface area contributed by atoms with Gasteiger partial charge in [-0.1, -0.05) is 38.7 Å². The molecule has 0 heterocycles. The van der Waals surface area contributed by atoms with Gasteiger partial charge in [-0.2, -0.15) is 0 Å². The second-order valence-electron chi connectivity index (χ2n) is 5.30. The Balaban J connectivity index is 2.52. The molecular formula is C16H22F2N2O2. The lowest BCUT2D eigenvalue weighted by atomic mass is 10.1. The Labute approximate surface area is 129 Å². The zero-order valence-corrected chi connectivity index (χ0v) is 12.7. The van der Waals surface area contributed by atoms with E-state index in [1.54, 1.807) is 0 Å². The van der Waals surface area contributed by atoms with Crippen LogP contribution in [0.2, 0.25) is 0 Å². The van der Waals surface area contributed by atoms with E-state index >= 15 is 0 Å². The fourth-order valence-electron chi connectivity index (χ4n) is 2.14. The lowest BCUT2D eigenvalue weighted by Crippen LogP contribution is -2.45. The zero-order chi connectivity index (χ0) is 16.5. The van der Waals surface area contributed by atoms with Gasteiger partial charge in [0.15, 0.2) is 11.6 Å². The number of nitrogens with one attached hydrogen (secondary N) is 1. The van der Waals surface area contributed by atoms with Gasteiger partial charge in [0, 0.05) is 0 Å². The molecule has 22 heavy (non-hydrogen) atoms. The standard InChI is InChI=1S/C16H22F2N2O2/c1-2-3-4-5-6-14(16(19)22)20-15(21)10-11-7-8-12(17)13(18)9-11/h7-9,14H,2-6,10H2,1H3,(H2,19,22)(H,20,21)/t14-/m1/s1. The number of hydrogen-bond donors (Lipinski definition) is 2. The largest absolute Gasteiger partial charge is 0.368 e. The molecule has 0 aromatic heterocycles. The van der Waals surface area contributed by atoms with E-state index in [1.807, 2.05) is 0 Å². The van der Waals surface area contributed by atoms with Gasteiger partial charge in [0.1, 0.15) is 6.04 Å². The molecule has 1 aromatic rings. The molecule has 1 aromatic carbocycles. The van der Waals surface area contributed by atoms with E-state index < -0.39 is 29.5 Å². The highest BCUT2D eigenvalue weighted by molar-refractivity contribution is 5.87. The summed E-state index contributed by atoms with van der Waals surface area (Å²) in [4.78, 5) is 23.2. The van der Waals surface area contributed by atoms with Gasteiger partial charge >= 0.3 is 0 Å². The summed E-state index contributed by atoms with van der Waals surface area (Å²) in [6.07, 6.45) is 4.26. The normalized spacial score (nSPS) is 12.0. The van der Waals surface area contributed by atoms with Gasteiger partial charge in [-0.25, -0.2) is 8.78 Å². The lowest BCUT2D eigenvalue weighted by molar-refractivity contribution is -0.127. The number of halogens is 2. The highest BCUT2D eigenvalue weighted by Gasteiger charge is 2.18. The number of primary amides is 1. The molecule has 1 rings (SSSR count). The summed E-state index contributed by atoms with van der Waals surface area (Å²) >= 11 is 0. The molecule has 0 aliphatic rings. The van der Waals surface area contributed by atoms with Crippen LogP contribution in [0.1, 0.15) is 44.6 Å². The second kappa shape index (κ2) is 9.12. The molecule has 0 radical (unpaired) electrons. The molecule has 122 valence electrons. The second-order valence-corrected chi connectivity index (χ2v) is 5.30. The van der Waals surface area contributed by atoms with Crippen molar-refractivity contribution < 1.29 is 18.4 Å². The summed E-state index contributed by atoms with van der Waals surface area (Å²) in [7, 11) is 0. The smallest absolute Gasteiger partial charge is 0.239 e. The minimum atomic E-state index is -1.00. The van der Waals surface area contributed by atoms with Crippen LogP contribution in [0.25, 0.3) is 0 Å². The first kappa shape index (κ1) is 18.1. The number of rotatable bonds is 9. The average molecular weight is 312 g/mol. The molecule has 2 amide bonds. The van der Waals surface area contributed by atoms with Crippen LogP contribution in [0.5, 0.6) is 0 Å². The molecule has 0 saturated carbocycles. The molecule has 0 aliphatic carbocycles. The number of amides is 2. The van der Waals surface area contributed by atoms with Crippen molar-refractivity contribution >= 4 is 11.8 Å². The fourth-order valence-corrected chi connectivity index (χ4v) is 2.14. The van der Waals surface area contributed by atoms with Crippen molar-refractivity contribution in [1.82, 2.24) is 5.32 Å². The Morgan fingerprint density at radius 2 is 1.91 bits per heavy atom. The summed E-state index contributed by atoms with van der Waals surface area (Å²) < 4.78 is 25.9. The van der Waals surface area contributed by atoms with Crippen LogP contribution in [0.15, 0.2) is 18.2 Å². The third-order valence-corrected chi connectivity index (χ3v) is 3.37. The third-order valence-electron chi connectivity index (χ3n) is 3.37. The Bertz CT molecular complexity index is 521. The van der Waals surface area contributed by atoms with Gasteiger partial charge in [0.25, 0.3) is 0 Å². The minimum absolute atomic E-state index is 0.129. The van der Waals surface area contributed by atoms with Crippen LogP contribution in [-0.4, -0.2) is 17.9 Å². The molecule has 0 bridgehead atoms. The molecule has 3 N–H and O–H groups in total. The van der Waals surface area contributed by atoms with Gasteiger partial charge in [-0.05, 0) is 24.1 Å². The van der Waals surface area contributed by atoms with Gasteiger partial charge in [0.05, 0.1) is 6.42 Å². The van der Waals surface area contributed by atoms with E-state index in [0.717, 1.165) is 37.8 Å². The molecule has 1 atom stereocenters. The minimum Gasteiger partial charge on any atom is -0.368 e. The average Bonchev–Trinajstić information content (AvgIpc) is 2.46. The Kier molecular flexibility index (Phi) is 7.49. The first-order valence-corrected chi connectivity index (χ1v) is 7.46. The first-order chi connectivity index (χ1) is 10.4. The Hall–Kier alpha value is -1.98. The number of unbranched alkanes of at least 4 members (excludes halogenated alkanes) is 3. The van der Waals surface area contributed by atoms with Crippen molar-refractivity contribution in [2.75, 3.05) is 0 Å². The van der Waals surface area contributed by atoms with Crippen molar-refractivity contribution in [2.24, 2.45) is 5.73 Å². The molecule has 0 spiro atoms. The lowest BCUT2D eigenvalue weighted by Gasteiger charge is -2.15. The van der Waals surface area contributed by atoms with Crippen LogP contribution in [0.4, 0.5) is 8.78 Å². The van der Waals surface area contributed by atoms with Crippen LogP contribution >= 0.6 is 0 Å². The van der Waals surface area contributed by atoms with Crippen LogP contribution < -0.4 is 11.1 Å². The van der Waals surface area contributed by atoms with Crippen molar-refractivity contribution in [1.29, 1.82) is 0 Å². The van der Waals surface area contributed by atoms with Gasteiger partial charge in [-0.15, -0.1) is 0 Å². The van der Waals surface area contributed by atoms with E-state index in [4.69, 9.17) is 5.73 Å². The van der Waals surface area contributed by atoms with E-state index in [-0.39, 0.29) is 6.42 Å². The predicted molar refractivity (Wildman–Crippen MR) is 79.9 cm³/mol. The summed E-state index contributed by atoms with van der Waals surface area (Å²) in [5.41, 5.74) is 5.61. The van der Waals surface area contributed by atoms with Crippen molar-refractivity contribution in [3.05, 3.63) is 35.4 Å². The zero-order valence-electron chi connectivity index (χ0n) is 12.7. The van der Waals surface area contributed by atoms with Crippen molar-refractivity contribution in [3.63, 3.8) is 0 Å². The van der Waals surface area contributed by atoms with Crippen LogP contribution in [-0.2, 0) is 16.0 Å². The number of carbonyl (C=O) groups excluding carboxylic acids is 2. The van der Waals surface area contributed by atoms with E-state index in [1.165, 1.54) is 6.07 Å². The molecule has 0 unspecified atom stereocenters. The molecule has 0 aliphatic heterocycles. The van der Waals surface area contributed by atoms with E-state index in [2.05, 4.69) is 12.2 Å². The number of hydrogen-bond acceptors (Lipinski definition) is 2. The summed E-state index contributed by atoms with van der Waals surface area (Å²) in [6, 6.07) is 2.54. The monoisotopic (exact) mass is 312 g/mol. The van der Waals surface area contributed by atoms with E-state index in [0.29, 0.717) is 12.0 Å². The first-order valence-electron chi connectivity index (χ1n) is 7.46. The summed E-state index contributed by atoms with van der Waals surface area (Å²) in [5.74, 6) is -2.99.